The molecule has 21 heavy (non-hydrogen) atoms. The van der Waals surface area contributed by atoms with Gasteiger partial charge in [0.25, 0.3) is 0 Å². The zero-order valence-corrected chi connectivity index (χ0v) is 12.5. The van der Waals surface area contributed by atoms with E-state index in [9.17, 15) is 4.79 Å². The minimum absolute atomic E-state index is 0.0694. The maximum atomic E-state index is 12.4. The Morgan fingerprint density at radius 3 is 2.62 bits per heavy atom. The summed E-state index contributed by atoms with van der Waals surface area (Å²) >= 11 is 0. The van der Waals surface area contributed by atoms with Crippen molar-refractivity contribution in [2.75, 3.05) is 20.8 Å². The number of methoxy groups -OCH3 is 2. The second-order valence-corrected chi connectivity index (χ2v) is 5.09. The zero-order chi connectivity index (χ0) is 15.2. The third-order valence-electron chi connectivity index (χ3n) is 3.58. The Labute approximate surface area is 125 Å². The lowest BCUT2D eigenvalue weighted by molar-refractivity contribution is -0.131. The van der Waals surface area contributed by atoms with Gasteiger partial charge in [0, 0.05) is 12.6 Å². The van der Waals surface area contributed by atoms with E-state index in [1.165, 1.54) is 0 Å². The number of nitrogens with zero attached hydrogens (tertiary/aromatic N) is 2. The van der Waals surface area contributed by atoms with Crippen LogP contribution in [0.3, 0.4) is 0 Å². The molecule has 0 aromatic heterocycles. The van der Waals surface area contributed by atoms with Gasteiger partial charge in [0.15, 0.2) is 11.5 Å². The largest absolute Gasteiger partial charge is 0.493 e. The molecule has 2 rings (SSSR count). The number of carbonyl (C=O) groups excluding carboxylic acids is 1. The highest BCUT2D eigenvalue weighted by molar-refractivity contribution is 5.79. The molecular weight excluding hydrogens is 268 g/mol. The third-order valence-corrected chi connectivity index (χ3v) is 3.58. The number of hydrogen-bond acceptors (Lipinski definition) is 4. The molecule has 1 aromatic rings. The van der Waals surface area contributed by atoms with Crippen LogP contribution in [0.25, 0.3) is 0 Å². The fourth-order valence-corrected chi connectivity index (χ4v) is 2.33. The van der Waals surface area contributed by atoms with E-state index in [0.29, 0.717) is 36.9 Å². The van der Waals surface area contributed by atoms with Crippen LogP contribution < -0.4 is 9.47 Å². The maximum absolute atomic E-state index is 12.4. The lowest BCUT2D eigenvalue weighted by Gasteiger charge is -2.21. The predicted octanol–water partition coefficient (Wildman–Crippen LogP) is 2.15. The van der Waals surface area contributed by atoms with Crippen molar-refractivity contribution in [2.24, 2.45) is 0 Å². The van der Waals surface area contributed by atoms with Gasteiger partial charge in [-0.2, -0.15) is 5.26 Å². The predicted molar refractivity (Wildman–Crippen MR) is 78.2 cm³/mol. The van der Waals surface area contributed by atoms with E-state index < -0.39 is 0 Å². The van der Waals surface area contributed by atoms with Crippen LogP contribution >= 0.6 is 0 Å². The number of benzene rings is 1. The van der Waals surface area contributed by atoms with Gasteiger partial charge in [-0.25, -0.2) is 0 Å². The van der Waals surface area contributed by atoms with Crippen molar-refractivity contribution in [2.45, 2.75) is 31.7 Å². The lowest BCUT2D eigenvalue weighted by Crippen LogP contribution is -2.35. The molecule has 1 aromatic carbocycles. The molecule has 5 heteroatoms. The van der Waals surface area contributed by atoms with Crippen LogP contribution in [0.15, 0.2) is 18.2 Å². The van der Waals surface area contributed by atoms with Crippen molar-refractivity contribution in [3.63, 3.8) is 0 Å². The molecule has 0 N–H and O–H groups in total. The molecule has 1 aliphatic rings. The summed E-state index contributed by atoms with van der Waals surface area (Å²) in [6.07, 6.45) is 2.79. The summed E-state index contributed by atoms with van der Waals surface area (Å²) in [5, 5.41) is 8.70. The second-order valence-electron chi connectivity index (χ2n) is 5.09. The SMILES string of the molecule is COc1ccc(CC(=O)N(CCC#N)C2CC2)cc1OC. The van der Waals surface area contributed by atoms with E-state index in [4.69, 9.17) is 14.7 Å². The highest BCUT2D eigenvalue weighted by atomic mass is 16.5. The zero-order valence-electron chi connectivity index (χ0n) is 12.5. The Morgan fingerprint density at radius 1 is 1.33 bits per heavy atom. The van der Waals surface area contributed by atoms with E-state index in [2.05, 4.69) is 6.07 Å². The smallest absolute Gasteiger partial charge is 0.227 e. The van der Waals surface area contributed by atoms with E-state index >= 15 is 0 Å². The molecule has 5 nitrogen and oxygen atoms in total. The fraction of sp³-hybridized carbons (Fsp3) is 0.500. The number of ether oxygens (including phenoxy) is 2. The highest BCUT2D eigenvalue weighted by Crippen LogP contribution is 2.30. The quantitative estimate of drug-likeness (QED) is 0.771. The number of amides is 1. The van der Waals surface area contributed by atoms with E-state index in [-0.39, 0.29) is 5.91 Å². The Morgan fingerprint density at radius 2 is 2.05 bits per heavy atom. The summed E-state index contributed by atoms with van der Waals surface area (Å²) in [5.41, 5.74) is 0.889. The number of carbonyl (C=O) groups is 1. The standard InChI is InChI=1S/C16H20N2O3/c1-20-14-7-4-12(10-15(14)21-2)11-16(19)18(9-3-8-17)13-5-6-13/h4,7,10,13H,3,5-6,9,11H2,1-2H3. The average molecular weight is 288 g/mol. The first-order valence-electron chi connectivity index (χ1n) is 7.07. The van der Waals surface area contributed by atoms with Crippen LogP contribution in [0.5, 0.6) is 11.5 Å². The number of rotatable bonds is 7. The summed E-state index contributed by atoms with van der Waals surface area (Å²) in [7, 11) is 3.16. The van der Waals surface area contributed by atoms with Crippen LogP contribution in [-0.2, 0) is 11.2 Å². The van der Waals surface area contributed by atoms with Crippen molar-refractivity contribution in [3.05, 3.63) is 23.8 Å². The molecule has 1 fully saturated rings. The topological polar surface area (TPSA) is 62.6 Å². The van der Waals surface area contributed by atoms with Gasteiger partial charge in [-0.3, -0.25) is 4.79 Å². The van der Waals surface area contributed by atoms with Gasteiger partial charge in [0.2, 0.25) is 5.91 Å². The van der Waals surface area contributed by atoms with Crippen LogP contribution in [0, 0.1) is 11.3 Å². The highest BCUT2D eigenvalue weighted by Gasteiger charge is 2.32. The van der Waals surface area contributed by atoms with Crippen molar-refractivity contribution < 1.29 is 14.3 Å². The molecule has 0 aliphatic heterocycles. The number of hydrogen-bond donors (Lipinski definition) is 0. The molecule has 0 spiro atoms. The first-order chi connectivity index (χ1) is 10.2. The molecule has 1 aliphatic carbocycles. The first kappa shape index (κ1) is 15.2. The summed E-state index contributed by atoms with van der Waals surface area (Å²) in [5.74, 6) is 1.34. The summed E-state index contributed by atoms with van der Waals surface area (Å²) in [6.45, 7) is 0.521. The molecule has 0 radical (unpaired) electrons. The Hall–Kier alpha value is -2.22. The molecule has 0 atom stereocenters. The summed E-state index contributed by atoms with van der Waals surface area (Å²) < 4.78 is 10.4. The van der Waals surface area contributed by atoms with Gasteiger partial charge in [-0.15, -0.1) is 0 Å². The van der Waals surface area contributed by atoms with Crippen LogP contribution in [0.2, 0.25) is 0 Å². The van der Waals surface area contributed by atoms with Gasteiger partial charge < -0.3 is 14.4 Å². The first-order valence-corrected chi connectivity index (χ1v) is 7.07. The van der Waals surface area contributed by atoms with Gasteiger partial charge in [0.1, 0.15) is 0 Å². The van der Waals surface area contributed by atoms with Gasteiger partial charge in [-0.05, 0) is 30.5 Å². The fourth-order valence-electron chi connectivity index (χ4n) is 2.33. The molecule has 0 saturated heterocycles. The van der Waals surface area contributed by atoms with Crippen LogP contribution in [0.1, 0.15) is 24.8 Å². The molecule has 1 amide bonds. The monoisotopic (exact) mass is 288 g/mol. The van der Waals surface area contributed by atoms with Gasteiger partial charge >= 0.3 is 0 Å². The average Bonchev–Trinajstić information content (AvgIpc) is 3.32. The van der Waals surface area contributed by atoms with Crippen molar-refractivity contribution >= 4 is 5.91 Å². The Balaban J connectivity index is 2.05. The van der Waals surface area contributed by atoms with Gasteiger partial charge in [0.05, 0.1) is 33.1 Å². The molecular formula is C16H20N2O3. The normalized spacial score (nSPS) is 13.4. The summed E-state index contributed by atoms with van der Waals surface area (Å²) in [6, 6.07) is 7.93. The minimum Gasteiger partial charge on any atom is -0.493 e. The second kappa shape index (κ2) is 6.98. The van der Waals surface area contributed by atoms with E-state index in [1.54, 1.807) is 20.3 Å². The Kier molecular flexibility index (Phi) is 5.04. The van der Waals surface area contributed by atoms with E-state index in [0.717, 1.165) is 18.4 Å². The number of nitriles is 1. The third kappa shape index (κ3) is 3.88. The molecule has 112 valence electrons. The molecule has 1 saturated carbocycles. The molecule has 0 unspecified atom stereocenters. The lowest BCUT2D eigenvalue weighted by atomic mass is 10.1. The minimum atomic E-state index is 0.0694. The van der Waals surface area contributed by atoms with Crippen molar-refractivity contribution in [3.8, 4) is 17.6 Å². The summed E-state index contributed by atoms with van der Waals surface area (Å²) in [4.78, 5) is 14.2. The Bertz CT molecular complexity index is 547. The van der Waals surface area contributed by atoms with Gasteiger partial charge in [-0.1, -0.05) is 6.07 Å². The van der Waals surface area contributed by atoms with Crippen molar-refractivity contribution in [1.82, 2.24) is 4.90 Å². The van der Waals surface area contributed by atoms with Crippen molar-refractivity contribution in [1.29, 1.82) is 5.26 Å². The van der Waals surface area contributed by atoms with Crippen LogP contribution in [0.4, 0.5) is 0 Å². The molecule has 0 heterocycles. The molecule has 0 bridgehead atoms. The maximum Gasteiger partial charge on any atom is 0.227 e. The van der Waals surface area contributed by atoms with E-state index in [1.807, 2.05) is 17.0 Å². The van der Waals surface area contributed by atoms with Crippen LogP contribution in [-0.4, -0.2) is 37.6 Å².